The van der Waals surface area contributed by atoms with Gasteiger partial charge in [-0.1, -0.05) is 37.1 Å². The molecule has 1 heterocycles. The van der Waals surface area contributed by atoms with Crippen LogP contribution in [0.1, 0.15) is 36.8 Å². The quantitative estimate of drug-likeness (QED) is 0.923. The highest BCUT2D eigenvalue weighted by Gasteiger charge is 2.43. The van der Waals surface area contributed by atoms with Crippen LogP contribution in [-0.4, -0.2) is 35.1 Å². The van der Waals surface area contributed by atoms with Crippen molar-refractivity contribution in [3.63, 3.8) is 0 Å². The van der Waals surface area contributed by atoms with Crippen molar-refractivity contribution in [1.82, 2.24) is 4.31 Å². The van der Waals surface area contributed by atoms with Crippen LogP contribution in [0.5, 0.6) is 0 Å². The molecular weight excluding hydrogens is 290 g/mol. The molecule has 21 heavy (non-hydrogen) atoms. The number of benzene rings is 1. The number of sulfonamides is 1. The van der Waals surface area contributed by atoms with Crippen molar-refractivity contribution in [2.45, 2.75) is 49.9 Å². The van der Waals surface area contributed by atoms with Crippen LogP contribution in [0.4, 0.5) is 0 Å². The Morgan fingerprint density at radius 1 is 1.14 bits per heavy atom. The van der Waals surface area contributed by atoms with Gasteiger partial charge in [-0.15, -0.1) is 0 Å². The fourth-order valence-electron chi connectivity index (χ4n) is 3.35. The summed E-state index contributed by atoms with van der Waals surface area (Å²) in [5, 5.41) is 9.02. The van der Waals surface area contributed by atoms with Crippen molar-refractivity contribution >= 4 is 16.0 Å². The largest absolute Gasteiger partial charge is 0.480 e. The summed E-state index contributed by atoms with van der Waals surface area (Å²) in [5.41, 5.74) is 1.85. The Balaban J connectivity index is 1.97. The third-order valence-electron chi connectivity index (χ3n) is 4.54. The van der Waals surface area contributed by atoms with Crippen molar-refractivity contribution in [3.05, 3.63) is 35.4 Å². The Kier molecular flexibility index (Phi) is 3.75. The van der Waals surface area contributed by atoms with Crippen molar-refractivity contribution in [2.24, 2.45) is 0 Å². The lowest BCUT2D eigenvalue weighted by molar-refractivity contribution is -0.141. The molecule has 1 saturated carbocycles. The monoisotopic (exact) mass is 309 g/mol. The van der Waals surface area contributed by atoms with E-state index < -0.39 is 27.3 Å². The van der Waals surface area contributed by atoms with Gasteiger partial charge in [0.05, 0.1) is 5.25 Å². The number of carboxylic acid groups (broad SMARTS) is 1. The van der Waals surface area contributed by atoms with Gasteiger partial charge in [0, 0.05) is 13.0 Å². The maximum absolute atomic E-state index is 12.8. The van der Waals surface area contributed by atoms with E-state index in [4.69, 9.17) is 0 Å². The zero-order valence-corrected chi connectivity index (χ0v) is 12.6. The lowest BCUT2D eigenvalue weighted by atomic mass is 9.96. The summed E-state index contributed by atoms with van der Waals surface area (Å²) in [6, 6.07) is 6.50. The van der Waals surface area contributed by atoms with Gasteiger partial charge in [-0.2, -0.15) is 4.31 Å². The first-order valence-electron chi connectivity index (χ1n) is 7.30. The highest BCUT2D eigenvalue weighted by Crippen LogP contribution is 2.32. The highest BCUT2D eigenvalue weighted by atomic mass is 32.2. The topological polar surface area (TPSA) is 74.7 Å². The molecule has 1 aromatic rings. The predicted octanol–water partition coefficient (Wildman–Crippen LogP) is 1.77. The average Bonchev–Trinajstić information content (AvgIpc) is 3.00. The van der Waals surface area contributed by atoms with Gasteiger partial charge in [-0.25, -0.2) is 8.42 Å². The minimum Gasteiger partial charge on any atom is -0.480 e. The van der Waals surface area contributed by atoms with Crippen molar-refractivity contribution in [3.8, 4) is 0 Å². The normalized spacial score (nSPS) is 23.9. The van der Waals surface area contributed by atoms with Gasteiger partial charge in [0.2, 0.25) is 10.0 Å². The molecule has 0 bridgehead atoms. The van der Waals surface area contributed by atoms with Crippen molar-refractivity contribution in [1.29, 1.82) is 0 Å². The number of fused-ring (bicyclic) bond motifs is 1. The average molecular weight is 309 g/mol. The SMILES string of the molecule is O=C(O)C1Cc2ccccc2CN1S(=O)(=O)C1CCCC1. The maximum atomic E-state index is 12.8. The van der Waals surface area contributed by atoms with Crippen LogP contribution in [0.25, 0.3) is 0 Å². The van der Waals surface area contributed by atoms with Crippen molar-refractivity contribution < 1.29 is 18.3 Å². The second kappa shape index (κ2) is 5.42. The minimum atomic E-state index is -3.55. The molecule has 2 aliphatic rings. The number of aliphatic carboxylic acids is 1. The minimum absolute atomic E-state index is 0.173. The maximum Gasteiger partial charge on any atom is 0.322 e. The van der Waals surface area contributed by atoms with Crippen LogP contribution in [0, 0.1) is 0 Å². The Hall–Kier alpha value is -1.40. The van der Waals surface area contributed by atoms with E-state index in [1.807, 2.05) is 24.3 Å². The number of carboxylic acids is 1. The van der Waals surface area contributed by atoms with Gasteiger partial charge in [-0.05, 0) is 24.0 Å². The van der Waals surface area contributed by atoms with Crippen molar-refractivity contribution in [2.75, 3.05) is 0 Å². The van der Waals surface area contributed by atoms with Gasteiger partial charge >= 0.3 is 5.97 Å². The van der Waals surface area contributed by atoms with E-state index >= 15 is 0 Å². The molecule has 1 fully saturated rings. The third-order valence-corrected chi connectivity index (χ3v) is 6.89. The number of rotatable bonds is 3. The van der Waals surface area contributed by atoms with Gasteiger partial charge in [0.1, 0.15) is 6.04 Å². The molecule has 5 nitrogen and oxygen atoms in total. The van der Waals surface area contributed by atoms with Crippen LogP contribution in [-0.2, 0) is 27.8 Å². The van der Waals surface area contributed by atoms with E-state index in [1.54, 1.807) is 0 Å². The lowest BCUT2D eigenvalue weighted by Gasteiger charge is -2.35. The smallest absolute Gasteiger partial charge is 0.322 e. The molecule has 6 heteroatoms. The molecule has 1 aromatic carbocycles. The summed E-state index contributed by atoms with van der Waals surface area (Å²) in [6.07, 6.45) is 3.36. The molecule has 1 unspecified atom stereocenters. The fraction of sp³-hybridized carbons (Fsp3) is 0.533. The van der Waals surface area contributed by atoms with E-state index in [9.17, 15) is 18.3 Å². The molecule has 3 rings (SSSR count). The second-order valence-corrected chi connectivity index (χ2v) is 7.99. The summed E-state index contributed by atoms with van der Waals surface area (Å²) in [7, 11) is -3.55. The molecule has 1 aliphatic carbocycles. The summed E-state index contributed by atoms with van der Waals surface area (Å²) in [4.78, 5) is 11.5. The first kappa shape index (κ1) is 14.5. The highest BCUT2D eigenvalue weighted by molar-refractivity contribution is 7.89. The molecule has 114 valence electrons. The number of hydrogen-bond donors (Lipinski definition) is 1. The Labute approximate surface area is 124 Å². The first-order chi connectivity index (χ1) is 10.00. The van der Waals surface area contributed by atoms with E-state index in [2.05, 4.69) is 0 Å². The summed E-state index contributed by atoms with van der Waals surface area (Å²) in [5.74, 6) is -1.06. The first-order valence-corrected chi connectivity index (χ1v) is 8.80. The summed E-state index contributed by atoms with van der Waals surface area (Å²) in [6.45, 7) is 0.173. The molecule has 0 aromatic heterocycles. The molecule has 0 amide bonds. The zero-order valence-electron chi connectivity index (χ0n) is 11.7. The standard InChI is InChI=1S/C15H19NO4S/c17-15(18)14-9-11-5-1-2-6-12(11)10-16(14)21(19,20)13-7-3-4-8-13/h1-2,5-6,13-14H,3-4,7-10H2,(H,17,18). The van der Waals surface area contributed by atoms with Gasteiger partial charge in [0.25, 0.3) is 0 Å². The van der Waals surface area contributed by atoms with Crippen LogP contribution in [0.15, 0.2) is 24.3 Å². The molecular formula is C15H19NO4S. The van der Waals surface area contributed by atoms with E-state index in [1.165, 1.54) is 4.31 Å². The molecule has 0 radical (unpaired) electrons. The molecule has 1 N–H and O–H groups in total. The number of hydrogen-bond acceptors (Lipinski definition) is 3. The molecule has 0 saturated heterocycles. The van der Waals surface area contributed by atoms with E-state index in [0.29, 0.717) is 12.8 Å². The summed E-state index contributed by atoms with van der Waals surface area (Å²) < 4.78 is 26.8. The Morgan fingerprint density at radius 2 is 1.76 bits per heavy atom. The van der Waals surface area contributed by atoms with Gasteiger partial charge < -0.3 is 5.11 Å². The third kappa shape index (κ3) is 2.58. The van der Waals surface area contributed by atoms with Crippen LogP contribution >= 0.6 is 0 Å². The predicted molar refractivity (Wildman–Crippen MR) is 78.3 cm³/mol. The summed E-state index contributed by atoms with van der Waals surface area (Å²) >= 11 is 0. The number of carbonyl (C=O) groups is 1. The van der Waals surface area contributed by atoms with Crippen LogP contribution in [0.2, 0.25) is 0 Å². The van der Waals surface area contributed by atoms with E-state index in [0.717, 1.165) is 24.0 Å². The lowest BCUT2D eigenvalue weighted by Crippen LogP contribution is -2.51. The molecule has 0 spiro atoms. The molecule has 1 atom stereocenters. The van der Waals surface area contributed by atoms with E-state index in [-0.39, 0.29) is 13.0 Å². The fourth-order valence-corrected chi connectivity index (χ4v) is 5.51. The second-order valence-electron chi connectivity index (χ2n) is 5.82. The Bertz CT molecular complexity index is 649. The van der Waals surface area contributed by atoms with Crippen LogP contribution < -0.4 is 0 Å². The van der Waals surface area contributed by atoms with Crippen LogP contribution in [0.3, 0.4) is 0 Å². The van der Waals surface area contributed by atoms with Gasteiger partial charge in [-0.3, -0.25) is 4.79 Å². The van der Waals surface area contributed by atoms with Gasteiger partial charge in [0.15, 0.2) is 0 Å². The number of nitrogens with zero attached hydrogens (tertiary/aromatic N) is 1. The Morgan fingerprint density at radius 3 is 2.38 bits per heavy atom. The molecule has 1 aliphatic heterocycles. The zero-order chi connectivity index (χ0) is 15.0.